The highest BCUT2D eigenvalue weighted by Gasteiger charge is 2.26. The first kappa shape index (κ1) is 15.7. The third kappa shape index (κ3) is 2.73. The molecule has 0 unspecified atom stereocenters. The highest BCUT2D eigenvalue weighted by atomic mass is 32.2. The van der Waals surface area contributed by atoms with Gasteiger partial charge in [-0.15, -0.1) is 0 Å². The second kappa shape index (κ2) is 5.61. The SMILES string of the molecule is CCn1ncc(CN(C)S(=O)(=O)c2cnn(C)c2C)c1C. The van der Waals surface area contributed by atoms with Crippen molar-refractivity contribution in [2.24, 2.45) is 7.05 Å². The van der Waals surface area contributed by atoms with E-state index in [2.05, 4.69) is 10.2 Å². The third-order valence-corrected chi connectivity index (χ3v) is 5.68. The summed E-state index contributed by atoms with van der Waals surface area (Å²) in [6, 6.07) is 0. The molecule has 0 spiro atoms. The molecule has 0 aliphatic carbocycles. The molecule has 0 saturated carbocycles. The number of aromatic nitrogens is 4. The summed E-state index contributed by atoms with van der Waals surface area (Å²) >= 11 is 0. The van der Waals surface area contributed by atoms with Crippen LogP contribution in [0.25, 0.3) is 0 Å². The van der Waals surface area contributed by atoms with Crippen molar-refractivity contribution >= 4 is 10.0 Å². The first-order valence-corrected chi connectivity index (χ1v) is 8.19. The zero-order chi connectivity index (χ0) is 15.8. The maximum Gasteiger partial charge on any atom is 0.246 e. The van der Waals surface area contributed by atoms with Gasteiger partial charge in [-0.2, -0.15) is 14.5 Å². The summed E-state index contributed by atoms with van der Waals surface area (Å²) in [4.78, 5) is 0.244. The van der Waals surface area contributed by atoms with Crippen molar-refractivity contribution in [2.45, 2.75) is 38.8 Å². The zero-order valence-electron chi connectivity index (χ0n) is 13.0. The fourth-order valence-electron chi connectivity index (χ4n) is 2.18. The molecule has 0 saturated heterocycles. The average Bonchev–Trinajstić information content (AvgIpc) is 2.95. The molecule has 0 fully saturated rings. The van der Waals surface area contributed by atoms with Gasteiger partial charge in [0.05, 0.1) is 18.1 Å². The van der Waals surface area contributed by atoms with Crippen LogP contribution in [0.15, 0.2) is 17.3 Å². The molecule has 0 bridgehead atoms. The Balaban J connectivity index is 2.29. The lowest BCUT2D eigenvalue weighted by molar-refractivity contribution is 0.464. The second-order valence-corrected chi connectivity index (χ2v) is 7.06. The van der Waals surface area contributed by atoms with Gasteiger partial charge in [-0.3, -0.25) is 9.36 Å². The molecule has 21 heavy (non-hydrogen) atoms. The minimum absolute atomic E-state index is 0.244. The van der Waals surface area contributed by atoms with Gasteiger partial charge in [-0.25, -0.2) is 8.42 Å². The van der Waals surface area contributed by atoms with Crippen LogP contribution in [0.3, 0.4) is 0 Å². The molecule has 0 atom stereocenters. The summed E-state index contributed by atoms with van der Waals surface area (Å²) < 4.78 is 30.0. The Morgan fingerprint density at radius 3 is 2.33 bits per heavy atom. The molecular weight excluding hydrogens is 290 g/mol. The van der Waals surface area contributed by atoms with E-state index in [1.807, 2.05) is 18.5 Å². The van der Waals surface area contributed by atoms with Gasteiger partial charge in [0.15, 0.2) is 0 Å². The molecule has 0 N–H and O–H groups in total. The van der Waals surface area contributed by atoms with Gasteiger partial charge < -0.3 is 0 Å². The number of hydrogen-bond acceptors (Lipinski definition) is 4. The van der Waals surface area contributed by atoms with E-state index in [0.29, 0.717) is 12.2 Å². The van der Waals surface area contributed by atoms with Crippen LogP contribution in [0.4, 0.5) is 0 Å². The van der Waals surface area contributed by atoms with Crippen LogP contribution in [0.2, 0.25) is 0 Å². The maximum absolute atomic E-state index is 12.6. The smallest absolute Gasteiger partial charge is 0.246 e. The molecule has 2 aromatic heterocycles. The summed E-state index contributed by atoms with van der Waals surface area (Å²) in [5.74, 6) is 0. The van der Waals surface area contributed by atoms with Crippen molar-refractivity contribution in [3.8, 4) is 0 Å². The fraction of sp³-hybridized carbons (Fsp3) is 0.538. The van der Waals surface area contributed by atoms with Crippen molar-refractivity contribution in [2.75, 3.05) is 7.05 Å². The topological polar surface area (TPSA) is 73.0 Å². The molecule has 0 amide bonds. The summed E-state index contributed by atoms with van der Waals surface area (Å²) in [6.07, 6.45) is 3.12. The minimum atomic E-state index is -3.55. The molecule has 0 radical (unpaired) electrons. The lowest BCUT2D eigenvalue weighted by atomic mass is 10.2. The van der Waals surface area contributed by atoms with Gasteiger partial charge in [0.2, 0.25) is 10.0 Å². The highest BCUT2D eigenvalue weighted by Crippen LogP contribution is 2.20. The number of rotatable bonds is 5. The Morgan fingerprint density at radius 2 is 1.86 bits per heavy atom. The molecule has 7 nitrogen and oxygen atoms in total. The molecule has 2 heterocycles. The molecule has 0 aliphatic heterocycles. The number of nitrogens with zero attached hydrogens (tertiary/aromatic N) is 5. The van der Waals surface area contributed by atoms with E-state index >= 15 is 0 Å². The van der Waals surface area contributed by atoms with Gasteiger partial charge in [-0.05, 0) is 20.8 Å². The van der Waals surface area contributed by atoms with Gasteiger partial charge in [0.25, 0.3) is 0 Å². The summed E-state index contributed by atoms with van der Waals surface area (Å²) in [6.45, 7) is 6.76. The van der Waals surface area contributed by atoms with E-state index in [1.165, 1.54) is 10.5 Å². The van der Waals surface area contributed by atoms with Gasteiger partial charge >= 0.3 is 0 Å². The van der Waals surface area contributed by atoms with Crippen molar-refractivity contribution in [3.05, 3.63) is 29.3 Å². The van der Waals surface area contributed by atoms with Crippen LogP contribution in [-0.2, 0) is 30.2 Å². The van der Waals surface area contributed by atoms with Gasteiger partial charge in [0, 0.05) is 38.4 Å². The third-order valence-electron chi connectivity index (χ3n) is 3.78. The lowest BCUT2D eigenvalue weighted by Crippen LogP contribution is -2.27. The summed E-state index contributed by atoms with van der Waals surface area (Å²) in [5.41, 5.74) is 2.52. The lowest BCUT2D eigenvalue weighted by Gasteiger charge is -2.16. The summed E-state index contributed by atoms with van der Waals surface area (Å²) in [7, 11) is -0.248. The summed E-state index contributed by atoms with van der Waals surface area (Å²) in [5, 5.41) is 8.24. The van der Waals surface area contributed by atoms with Crippen LogP contribution < -0.4 is 0 Å². The quantitative estimate of drug-likeness (QED) is 0.828. The monoisotopic (exact) mass is 311 g/mol. The normalized spacial score (nSPS) is 12.3. The predicted octanol–water partition coefficient (Wildman–Crippen LogP) is 1.07. The van der Waals surface area contributed by atoms with E-state index in [-0.39, 0.29) is 4.90 Å². The Labute approximate surface area is 125 Å². The Morgan fingerprint density at radius 1 is 1.19 bits per heavy atom. The van der Waals surface area contributed by atoms with E-state index in [9.17, 15) is 8.42 Å². The number of aryl methyl sites for hydroxylation is 2. The van der Waals surface area contributed by atoms with Gasteiger partial charge in [-0.1, -0.05) is 0 Å². The van der Waals surface area contributed by atoms with Crippen LogP contribution in [0.1, 0.15) is 23.9 Å². The van der Waals surface area contributed by atoms with Crippen molar-refractivity contribution in [3.63, 3.8) is 0 Å². The van der Waals surface area contributed by atoms with Crippen LogP contribution in [0, 0.1) is 13.8 Å². The van der Waals surface area contributed by atoms with Crippen LogP contribution in [-0.4, -0.2) is 39.3 Å². The molecule has 2 aromatic rings. The maximum atomic E-state index is 12.6. The Kier molecular flexibility index (Phi) is 4.20. The number of sulfonamides is 1. The standard InChI is InChI=1S/C13H21N5O2S/c1-6-18-10(2)12(7-15-18)9-16(4)21(19,20)13-8-14-17(5)11(13)3/h7-8H,6,9H2,1-5H3. The highest BCUT2D eigenvalue weighted by molar-refractivity contribution is 7.89. The van der Waals surface area contributed by atoms with E-state index in [1.54, 1.807) is 31.9 Å². The predicted molar refractivity (Wildman–Crippen MR) is 79.2 cm³/mol. The van der Waals surface area contributed by atoms with Gasteiger partial charge in [0.1, 0.15) is 4.90 Å². The largest absolute Gasteiger partial charge is 0.272 e. The van der Waals surface area contributed by atoms with Crippen molar-refractivity contribution in [1.29, 1.82) is 0 Å². The zero-order valence-corrected chi connectivity index (χ0v) is 13.8. The van der Waals surface area contributed by atoms with E-state index < -0.39 is 10.0 Å². The molecule has 116 valence electrons. The molecule has 0 aliphatic rings. The Bertz CT molecular complexity index is 745. The second-order valence-electron chi connectivity index (χ2n) is 5.05. The average molecular weight is 311 g/mol. The Hall–Kier alpha value is -1.67. The van der Waals surface area contributed by atoms with Crippen molar-refractivity contribution < 1.29 is 8.42 Å². The number of hydrogen-bond donors (Lipinski definition) is 0. The van der Waals surface area contributed by atoms with Crippen LogP contribution >= 0.6 is 0 Å². The van der Waals surface area contributed by atoms with Crippen LogP contribution in [0.5, 0.6) is 0 Å². The molecule has 0 aromatic carbocycles. The molecular formula is C13H21N5O2S. The molecule has 8 heteroatoms. The van der Waals surface area contributed by atoms with Crippen molar-refractivity contribution in [1.82, 2.24) is 23.9 Å². The van der Waals surface area contributed by atoms with E-state index in [0.717, 1.165) is 17.8 Å². The first-order chi connectivity index (χ1) is 9.78. The van der Waals surface area contributed by atoms with E-state index in [4.69, 9.17) is 0 Å². The minimum Gasteiger partial charge on any atom is -0.272 e. The fourth-order valence-corrected chi connectivity index (χ4v) is 3.51. The molecule has 2 rings (SSSR count). The first-order valence-electron chi connectivity index (χ1n) is 6.75.